The molecule has 24 heteroatoms. The van der Waals surface area contributed by atoms with Crippen molar-refractivity contribution in [2.24, 2.45) is 11.5 Å². The zero-order valence-electron chi connectivity index (χ0n) is 21.7. The van der Waals surface area contributed by atoms with Crippen LogP contribution in [0.1, 0.15) is 38.3 Å². The molecule has 0 bridgehead atoms. The number of phosphoric ester groups is 1. The molecule has 3 rings (SSSR count). The van der Waals surface area contributed by atoms with Gasteiger partial charge in [0.05, 0.1) is 12.9 Å². The normalized spacial score (nSPS) is 24.7. The Bertz CT molecular complexity index is 1370. The SMILES string of the molecule is NCCCCCCC(Nc1ncnc2c1ncn2[C@@H]1O[C@H](COP(=O)(O)OP(=O)(O)OP(=O)(O)O)[C@@H](O)[C@H]1O)C(N)=O. The minimum Gasteiger partial charge on any atom is -0.387 e. The first kappa shape index (κ1) is 34.6. The maximum absolute atomic E-state index is 12.0. The number of primary amides is 1. The number of aromatic nitrogens is 4. The van der Waals surface area contributed by atoms with Gasteiger partial charge in [-0.15, -0.1) is 0 Å². The van der Waals surface area contributed by atoms with E-state index in [1.165, 1.54) is 10.9 Å². The van der Waals surface area contributed by atoms with E-state index in [-0.39, 0.29) is 17.0 Å². The van der Waals surface area contributed by atoms with Crippen molar-refractivity contribution < 1.29 is 66.2 Å². The van der Waals surface area contributed by atoms with E-state index < -0.39 is 66.6 Å². The van der Waals surface area contributed by atoms with Gasteiger partial charge in [0, 0.05) is 0 Å². The van der Waals surface area contributed by atoms with Crippen LogP contribution in [0.3, 0.4) is 0 Å². The van der Waals surface area contributed by atoms with E-state index in [9.17, 15) is 38.5 Å². The summed E-state index contributed by atoms with van der Waals surface area (Å²) in [5, 5.41) is 23.9. The van der Waals surface area contributed by atoms with Crippen molar-refractivity contribution >= 4 is 46.4 Å². The van der Waals surface area contributed by atoms with Crippen molar-refractivity contribution in [3.05, 3.63) is 12.7 Å². The summed E-state index contributed by atoms with van der Waals surface area (Å²) in [6.45, 7) is -0.428. The molecule has 2 aromatic rings. The van der Waals surface area contributed by atoms with E-state index >= 15 is 0 Å². The Labute approximate surface area is 237 Å². The highest BCUT2D eigenvalue weighted by molar-refractivity contribution is 7.66. The highest BCUT2D eigenvalue weighted by Gasteiger charge is 2.47. The fourth-order valence-corrected chi connectivity index (χ4v) is 7.04. The Morgan fingerprint density at radius 3 is 2.36 bits per heavy atom. The van der Waals surface area contributed by atoms with E-state index in [2.05, 4.69) is 33.4 Å². The van der Waals surface area contributed by atoms with Gasteiger partial charge in [0.1, 0.15) is 30.7 Å². The molecule has 1 aliphatic rings. The van der Waals surface area contributed by atoms with Gasteiger partial charge in [0.25, 0.3) is 0 Å². The number of nitrogens with zero attached hydrogens (tertiary/aromatic N) is 4. The molecule has 7 atom stereocenters. The molecule has 42 heavy (non-hydrogen) atoms. The molecule has 1 aliphatic heterocycles. The Kier molecular flexibility index (Phi) is 11.7. The van der Waals surface area contributed by atoms with E-state index in [4.69, 9.17) is 26.0 Å². The van der Waals surface area contributed by atoms with Gasteiger partial charge in [-0.05, 0) is 19.4 Å². The number of hydrogen-bond acceptors (Lipinski definition) is 15. The van der Waals surface area contributed by atoms with E-state index in [0.717, 1.165) is 25.6 Å². The number of carbonyl (C=O) groups excluding carboxylic acids is 1. The Morgan fingerprint density at radius 1 is 1.02 bits per heavy atom. The van der Waals surface area contributed by atoms with Gasteiger partial charge in [0.2, 0.25) is 5.91 Å². The summed E-state index contributed by atoms with van der Waals surface area (Å²) in [6, 6.07) is -0.777. The number of hydrogen-bond donors (Lipinski definition) is 9. The molecule has 0 aliphatic carbocycles. The van der Waals surface area contributed by atoms with Crippen molar-refractivity contribution in [1.82, 2.24) is 19.5 Å². The van der Waals surface area contributed by atoms with Crippen LogP contribution in [0.5, 0.6) is 0 Å². The molecule has 0 spiro atoms. The van der Waals surface area contributed by atoms with Gasteiger partial charge in [-0.1, -0.05) is 19.3 Å². The molecule has 1 fully saturated rings. The van der Waals surface area contributed by atoms with Gasteiger partial charge < -0.3 is 51.3 Å². The van der Waals surface area contributed by atoms with Gasteiger partial charge >= 0.3 is 23.5 Å². The molecule has 2 aromatic heterocycles. The minimum absolute atomic E-state index is 0.100. The largest absolute Gasteiger partial charge is 0.490 e. The van der Waals surface area contributed by atoms with Crippen molar-refractivity contribution in [2.75, 3.05) is 18.5 Å². The van der Waals surface area contributed by atoms with Crippen LogP contribution in [0.25, 0.3) is 11.2 Å². The summed E-state index contributed by atoms with van der Waals surface area (Å²) < 4.78 is 52.7. The molecular weight excluding hydrogens is 631 g/mol. The Hall–Kier alpha value is -1.93. The average molecular weight is 663 g/mol. The summed E-state index contributed by atoms with van der Waals surface area (Å²) in [5.41, 5.74) is 11.3. The second kappa shape index (κ2) is 14.2. The predicted octanol–water partition coefficient (Wildman–Crippen LogP) is -1.04. The topological polar surface area (TPSA) is 334 Å². The fourth-order valence-electron chi connectivity index (χ4n) is 4.01. The molecule has 3 unspecified atom stereocenters. The number of aliphatic hydroxyl groups excluding tert-OH is 2. The van der Waals surface area contributed by atoms with Crippen molar-refractivity contribution in [3.63, 3.8) is 0 Å². The van der Waals surface area contributed by atoms with Crippen LogP contribution in [-0.4, -0.2) is 92.7 Å². The van der Waals surface area contributed by atoms with Crippen LogP contribution in [-0.2, 0) is 36.4 Å². The lowest BCUT2D eigenvalue weighted by molar-refractivity contribution is -0.118. The van der Waals surface area contributed by atoms with Crippen LogP contribution in [0.15, 0.2) is 12.7 Å². The minimum atomic E-state index is -5.76. The number of carbonyl (C=O) groups is 1. The highest BCUT2D eigenvalue weighted by atomic mass is 31.3. The lowest BCUT2D eigenvalue weighted by atomic mass is 10.1. The van der Waals surface area contributed by atoms with Crippen molar-refractivity contribution in [2.45, 2.75) is 62.7 Å². The molecule has 0 radical (unpaired) electrons. The number of anilines is 1. The van der Waals surface area contributed by atoms with Crippen molar-refractivity contribution in [3.8, 4) is 0 Å². The van der Waals surface area contributed by atoms with Crippen LogP contribution in [0, 0.1) is 0 Å². The third-order valence-electron chi connectivity index (χ3n) is 5.89. The van der Waals surface area contributed by atoms with E-state index in [0.29, 0.717) is 19.4 Å². The maximum atomic E-state index is 12.0. The van der Waals surface area contributed by atoms with Crippen LogP contribution in [0.2, 0.25) is 0 Å². The maximum Gasteiger partial charge on any atom is 0.490 e. The van der Waals surface area contributed by atoms with Crippen molar-refractivity contribution in [1.29, 1.82) is 0 Å². The molecule has 1 amide bonds. The lowest BCUT2D eigenvalue weighted by Gasteiger charge is -2.19. The zero-order chi connectivity index (χ0) is 31.3. The second-order valence-electron chi connectivity index (χ2n) is 9.07. The molecule has 238 valence electrons. The average Bonchev–Trinajstić information content (AvgIpc) is 3.41. The molecule has 11 N–H and O–H groups in total. The third kappa shape index (κ3) is 9.54. The second-order valence-corrected chi connectivity index (χ2v) is 13.5. The first-order valence-corrected chi connectivity index (χ1v) is 16.8. The number of unbranched alkanes of at least 4 members (excludes halogenated alkanes) is 3. The molecular formula is C18H32N7O14P3. The Balaban J connectivity index is 1.70. The number of fused-ring (bicyclic) bond motifs is 1. The predicted molar refractivity (Wildman–Crippen MR) is 140 cm³/mol. The number of rotatable bonds is 17. The number of aliphatic hydroxyl groups is 2. The number of nitrogens with two attached hydrogens (primary N) is 2. The van der Waals surface area contributed by atoms with Gasteiger partial charge in [0.15, 0.2) is 23.2 Å². The number of imidazole rings is 1. The first-order valence-electron chi connectivity index (χ1n) is 12.3. The standard InChI is InChI=1S/C18H32N7O14P3/c19-6-4-2-1-3-5-10(15(20)28)24-16-12-17(22-8-21-16)25(9-23-12)18-14(27)13(26)11(37-18)7-36-41(32,33)39-42(34,35)38-40(29,30)31/h8-11,13-14,18,26-27H,1-7,19H2,(H2,20,28)(H,32,33)(H,34,35)(H,21,22,24)(H2,29,30,31)/t10?,11-,13-,14-,18-/m1/s1. The highest BCUT2D eigenvalue weighted by Crippen LogP contribution is 2.66. The lowest BCUT2D eigenvalue weighted by Crippen LogP contribution is -2.35. The summed E-state index contributed by atoms with van der Waals surface area (Å²) in [6.07, 6.45) is -0.239. The van der Waals surface area contributed by atoms with Crippen LogP contribution >= 0.6 is 23.5 Å². The quantitative estimate of drug-likeness (QED) is 0.0721. The summed E-state index contributed by atoms with van der Waals surface area (Å²) in [4.78, 5) is 60.5. The summed E-state index contributed by atoms with van der Waals surface area (Å²) >= 11 is 0. The number of phosphoric acid groups is 3. The summed E-state index contributed by atoms with van der Waals surface area (Å²) in [5.74, 6) is -0.460. The zero-order valence-corrected chi connectivity index (χ0v) is 24.4. The smallest absolute Gasteiger partial charge is 0.387 e. The van der Waals surface area contributed by atoms with E-state index in [1.54, 1.807) is 0 Å². The number of ether oxygens (including phenoxy) is 1. The molecule has 0 aromatic carbocycles. The Morgan fingerprint density at radius 2 is 1.71 bits per heavy atom. The van der Waals surface area contributed by atoms with Crippen LogP contribution < -0.4 is 16.8 Å². The van der Waals surface area contributed by atoms with Gasteiger partial charge in [-0.25, -0.2) is 28.6 Å². The third-order valence-corrected chi connectivity index (χ3v) is 9.69. The molecule has 21 nitrogen and oxygen atoms in total. The number of amides is 1. The monoisotopic (exact) mass is 663 g/mol. The molecule has 0 saturated carbocycles. The van der Waals surface area contributed by atoms with E-state index in [1.807, 2.05) is 0 Å². The number of nitrogens with one attached hydrogen (secondary N) is 1. The van der Waals surface area contributed by atoms with Gasteiger partial charge in [-0.3, -0.25) is 13.9 Å². The van der Waals surface area contributed by atoms with Crippen LogP contribution in [0.4, 0.5) is 5.82 Å². The molecule has 1 saturated heterocycles. The summed E-state index contributed by atoms with van der Waals surface area (Å²) in [7, 11) is -16.8. The fraction of sp³-hybridized carbons (Fsp3) is 0.667. The molecule has 3 heterocycles. The van der Waals surface area contributed by atoms with Gasteiger partial charge in [-0.2, -0.15) is 8.62 Å². The first-order chi connectivity index (χ1) is 19.5.